The van der Waals surface area contributed by atoms with E-state index in [0.29, 0.717) is 19.3 Å². The van der Waals surface area contributed by atoms with Crippen molar-refractivity contribution in [2.24, 2.45) is 0 Å². The highest BCUT2D eigenvalue weighted by Gasteiger charge is 2.19. The summed E-state index contributed by atoms with van der Waals surface area (Å²) in [5.41, 5.74) is 0. The molecule has 0 aliphatic rings. The molecule has 6 nitrogen and oxygen atoms in total. The summed E-state index contributed by atoms with van der Waals surface area (Å²) in [5, 5.41) is 0. The van der Waals surface area contributed by atoms with E-state index in [1.165, 1.54) is 212 Å². The average Bonchev–Trinajstić information content (AvgIpc) is 3.44. The number of carbonyl (C=O) groups is 3. The lowest BCUT2D eigenvalue weighted by molar-refractivity contribution is -0.167. The largest absolute Gasteiger partial charge is 0.462 e. The van der Waals surface area contributed by atoms with Crippen LogP contribution >= 0.6 is 0 Å². The lowest BCUT2D eigenvalue weighted by Gasteiger charge is -2.18. The Bertz CT molecular complexity index is 1390. The Morgan fingerprint density at radius 2 is 0.500 bits per heavy atom. The van der Waals surface area contributed by atoms with Crippen LogP contribution in [-0.4, -0.2) is 37.2 Å². The molecule has 0 saturated heterocycles. The molecule has 0 radical (unpaired) electrons. The Hall–Kier alpha value is -2.89. The standard InChI is InChI=1S/C72H130O6/c1-4-7-10-13-16-19-22-24-26-28-30-32-33-34-35-36-37-38-39-41-42-44-46-48-50-53-56-59-62-65-71(74)77-68-69(67-76-70(73)64-61-58-55-52-21-18-15-12-9-6-3)78-72(75)66-63-60-57-54-51-49-47-45-43-40-31-29-27-25-23-20-17-14-11-8-5-2/h8,11,17,20,25,27,31,40,45,47,69H,4-7,9-10,12-16,18-19,21-24,26,28-30,32-39,41-44,46,48-68H2,1-3H3/b11-8-,20-17-,27-25-,40-31-,47-45-. The van der Waals surface area contributed by atoms with Gasteiger partial charge in [-0.05, 0) is 64.2 Å². The molecule has 0 aliphatic carbocycles. The van der Waals surface area contributed by atoms with E-state index in [1.54, 1.807) is 0 Å². The number of carbonyl (C=O) groups excluding carboxylic acids is 3. The third-order valence-electron chi connectivity index (χ3n) is 15.3. The fourth-order valence-corrected chi connectivity index (χ4v) is 10.2. The van der Waals surface area contributed by atoms with Crippen molar-refractivity contribution < 1.29 is 28.6 Å². The van der Waals surface area contributed by atoms with E-state index in [-0.39, 0.29) is 31.1 Å². The summed E-state index contributed by atoms with van der Waals surface area (Å²) in [5.74, 6) is -0.878. The van der Waals surface area contributed by atoms with Gasteiger partial charge in [0.25, 0.3) is 0 Å². The van der Waals surface area contributed by atoms with Crippen molar-refractivity contribution in [3.05, 3.63) is 60.8 Å². The van der Waals surface area contributed by atoms with Crippen molar-refractivity contribution in [1.82, 2.24) is 0 Å². The number of rotatable bonds is 63. The monoisotopic (exact) mass is 1090 g/mol. The molecule has 0 bridgehead atoms. The first kappa shape index (κ1) is 75.1. The molecule has 0 aromatic carbocycles. The van der Waals surface area contributed by atoms with Crippen LogP contribution in [0.2, 0.25) is 0 Å². The van der Waals surface area contributed by atoms with Crippen molar-refractivity contribution in [3.63, 3.8) is 0 Å². The highest BCUT2D eigenvalue weighted by molar-refractivity contribution is 5.71. The summed E-state index contributed by atoms with van der Waals surface area (Å²) >= 11 is 0. The molecule has 78 heavy (non-hydrogen) atoms. The normalized spacial score (nSPS) is 12.4. The molecule has 1 unspecified atom stereocenters. The Kier molecular flexibility index (Phi) is 64.2. The van der Waals surface area contributed by atoms with Crippen LogP contribution in [0.1, 0.15) is 361 Å². The molecule has 0 amide bonds. The molecule has 0 aromatic heterocycles. The number of ether oxygens (including phenoxy) is 3. The third-order valence-corrected chi connectivity index (χ3v) is 15.3. The van der Waals surface area contributed by atoms with E-state index in [0.717, 1.165) is 109 Å². The first-order chi connectivity index (χ1) is 38.5. The highest BCUT2D eigenvalue weighted by atomic mass is 16.6. The fourth-order valence-electron chi connectivity index (χ4n) is 10.2. The molecule has 0 rings (SSSR count). The third kappa shape index (κ3) is 63.9. The van der Waals surface area contributed by atoms with Gasteiger partial charge in [-0.2, -0.15) is 0 Å². The van der Waals surface area contributed by atoms with Gasteiger partial charge in [0.1, 0.15) is 13.2 Å². The topological polar surface area (TPSA) is 78.9 Å². The zero-order valence-electron chi connectivity index (χ0n) is 52.2. The fraction of sp³-hybridized carbons (Fsp3) is 0.819. The second-order valence-corrected chi connectivity index (χ2v) is 23.1. The van der Waals surface area contributed by atoms with E-state index in [2.05, 4.69) is 81.5 Å². The summed E-state index contributed by atoms with van der Waals surface area (Å²) in [6.45, 7) is 6.55. The minimum atomic E-state index is -0.782. The van der Waals surface area contributed by atoms with Gasteiger partial charge in [-0.1, -0.05) is 338 Å². The van der Waals surface area contributed by atoms with Gasteiger partial charge in [0, 0.05) is 19.3 Å². The molecular formula is C72H130O6. The molecule has 0 heterocycles. The molecule has 0 spiro atoms. The average molecular weight is 1090 g/mol. The number of hydrogen-bond donors (Lipinski definition) is 0. The van der Waals surface area contributed by atoms with Crippen molar-refractivity contribution in [3.8, 4) is 0 Å². The number of hydrogen-bond acceptors (Lipinski definition) is 6. The predicted molar refractivity (Wildman–Crippen MR) is 339 cm³/mol. The highest BCUT2D eigenvalue weighted by Crippen LogP contribution is 2.18. The van der Waals surface area contributed by atoms with Crippen molar-refractivity contribution in [2.45, 2.75) is 367 Å². The first-order valence-electron chi connectivity index (χ1n) is 34.3. The van der Waals surface area contributed by atoms with Gasteiger partial charge in [0.15, 0.2) is 6.10 Å². The van der Waals surface area contributed by atoms with Crippen LogP contribution < -0.4 is 0 Å². The number of esters is 3. The summed E-state index contributed by atoms with van der Waals surface area (Å²) < 4.78 is 16.9. The molecule has 0 fully saturated rings. The van der Waals surface area contributed by atoms with E-state index in [1.807, 2.05) is 0 Å². The summed E-state index contributed by atoms with van der Waals surface area (Å²) in [7, 11) is 0. The van der Waals surface area contributed by atoms with E-state index >= 15 is 0 Å². The Morgan fingerprint density at radius 1 is 0.269 bits per heavy atom. The molecule has 6 heteroatoms. The van der Waals surface area contributed by atoms with Crippen LogP contribution in [0.3, 0.4) is 0 Å². The lowest BCUT2D eigenvalue weighted by Crippen LogP contribution is -2.30. The Morgan fingerprint density at radius 3 is 0.782 bits per heavy atom. The van der Waals surface area contributed by atoms with Gasteiger partial charge >= 0.3 is 17.9 Å². The zero-order chi connectivity index (χ0) is 56.4. The summed E-state index contributed by atoms with van der Waals surface area (Å²) in [6, 6.07) is 0. The maximum Gasteiger partial charge on any atom is 0.306 e. The Balaban J connectivity index is 4.16. The van der Waals surface area contributed by atoms with E-state index in [4.69, 9.17) is 14.2 Å². The summed E-state index contributed by atoms with van der Waals surface area (Å²) in [4.78, 5) is 38.3. The van der Waals surface area contributed by atoms with Gasteiger partial charge in [-0.25, -0.2) is 0 Å². The quantitative estimate of drug-likeness (QED) is 0.0261. The number of unbranched alkanes of at least 4 members (excludes halogenated alkanes) is 42. The lowest BCUT2D eigenvalue weighted by atomic mass is 10.0. The zero-order valence-corrected chi connectivity index (χ0v) is 52.2. The SMILES string of the molecule is CC/C=C\C/C=C\C/C=C\C/C=C\C/C=C\CCCCCCCC(=O)OC(COC(=O)CCCCCCCCCCCC)COC(=O)CCCCCCCCCCCCCCCCCCCCCCCCCCCCCCC. The molecule has 454 valence electrons. The molecule has 0 N–H and O–H groups in total. The van der Waals surface area contributed by atoms with Gasteiger partial charge in [0.05, 0.1) is 0 Å². The molecule has 0 aliphatic heterocycles. The van der Waals surface area contributed by atoms with Crippen LogP contribution in [-0.2, 0) is 28.6 Å². The van der Waals surface area contributed by atoms with E-state index < -0.39 is 6.10 Å². The maximum absolute atomic E-state index is 12.9. The maximum atomic E-state index is 12.9. The van der Waals surface area contributed by atoms with Crippen LogP contribution in [0.5, 0.6) is 0 Å². The minimum absolute atomic E-state index is 0.0779. The number of allylic oxidation sites excluding steroid dienone is 10. The summed E-state index contributed by atoms with van der Waals surface area (Å²) in [6.07, 6.45) is 85.5. The molecule has 0 saturated carbocycles. The van der Waals surface area contributed by atoms with Crippen LogP contribution in [0, 0.1) is 0 Å². The van der Waals surface area contributed by atoms with Gasteiger partial charge in [-0.3, -0.25) is 14.4 Å². The Labute approximate surface area is 485 Å². The van der Waals surface area contributed by atoms with Crippen molar-refractivity contribution >= 4 is 17.9 Å². The molecule has 0 aromatic rings. The minimum Gasteiger partial charge on any atom is -0.462 e. The van der Waals surface area contributed by atoms with Gasteiger partial charge < -0.3 is 14.2 Å². The smallest absolute Gasteiger partial charge is 0.306 e. The first-order valence-corrected chi connectivity index (χ1v) is 34.3. The van der Waals surface area contributed by atoms with Crippen molar-refractivity contribution in [2.75, 3.05) is 13.2 Å². The van der Waals surface area contributed by atoms with Crippen LogP contribution in [0.15, 0.2) is 60.8 Å². The van der Waals surface area contributed by atoms with Gasteiger partial charge in [-0.15, -0.1) is 0 Å². The van der Waals surface area contributed by atoms with Crippen LogP contribution in [0.4, 0.5) is 0 Å². The molecular weight excluding hydrogens is 961 g/mol. The van der Waals surface area contributed by atoms with Crippen molar-refractivity contribution in [1.29, 1.82) is 0 Å². The second-order valence-electron chi connectivity index (χ2n) is 23.1. The predicted octanol–water partition coefficient (Wildman–Crippen LogP) is 23.5. The van der Waals surface area contributed by atoms with Gasteiger partial charge in [0.2, 0.25) is 0 Å². The van der Waals surface area contributed by atoms with Crippen LogP contribution in [0.25, 0.3) is 0 Å². The second kappa shape index (κ2) is 66.6. The van der Waals surface area contributed by atoms with E-state index in [9.17, 15) is 14.4 Å². The molecule has 1 atom stereocenters.